The summed E-state index contributed by atoms with van der Waals surface area (Å²) >= 11 is 0. The zero-order valence-corrected chi connectivity index (χ0v) is 14.6. The molecule has 2 aromatic carbocycles. The molecule has 1 unspecified atom stereocenters. The van der Waals surface area contributed by atoms with E-state index in [0.29, 0.717) is 22.6 Å². The molecule has 3 rings (SSSR count). The number of ether oxygens (including phenoxy) is 1. The second kappa shape index (κ2) is 5.94. The predicted octanol–water partition coefficient (Wildman–Crippen LogP) is 2.97. The number of hydrogen-bond donors (Lipinski definition) is 1. The van der Waals surface area contributed by atoms with Crippen molar-refractivity contribution in [1.82, 2.24) is 0 Å². The average molecular weight is 345 g/mol. The zero-order chi connectivity index (χ0) is 17.5. The van der Waals surface area contributed by atoms with Crippen molar-refractivity contribution in [3.05, 3.63) is 53.1 Å². The van der Waals surface area contributed by atoms with Crippen LogP contribution in [-0.2, 0) is 16.3 Å². The fourth-order valence-corrected chi connectivity index (χ4v) is 3.52. The van der Waals surface area contributed by atoms with Crippen LogP contribution < -0.4 is 10.1 Å². The van der Waals surface area contributed by atoms with Crippen molar-refractivity contribution < 1.29 is 17.9 Å². The third-order valence-electron chi connectivity index (χ3n) is 4.04. The number of carbonyl (C=O) groups excluding carboxylic acids is 1. The standard InChI is InChI=1S/C18H19NO4S/c1-11-9-14(24(3,21)22)7-8-16(11)19-18(20)15-6-4-5-13-10-12(2)23-17(13)15/h4-9,12H,10H2,1-3H3,(H,19,20). The number of anilines is 1. The van der Waals surface area contributed by atoms with E-state index in [9.17, 15) is 13.2 Å². The van der Waals surface area contributed by atoms with Gasteiger partial charge in [0.1, 0.15) is 11.9 Å². The molecule has 0 fully saturated rings. The first-order valence-corrected chi connectivity index (χ1v) is 9.55. The molecular weight excluding hydrogens is 326 g/mol. The van der Waals surface area contributed by atoms with E-state index in [1.165, 1.54) is 6.07 Å². The lowest BCUT2D eigenvalue weighted by Gasteiger charge is -2.12. The topological polar surface area (TPSA) is 72.5 Å². The van der Waals surface area contributed by atoms with E-state index < -0.39 is 9.84 Å². The van der Waals surface area contributed by atoms with Crippen LogP contribution in [0, 0.1) is 6.92 Å². The Morgan fingerprint density at radius 2 is 2.00 bits per heavy atom. The van der Waals surface area contributed by atoms with Crippen molar-refractivity contribution in [3.8, 4) is 5.75 Å². The van der Waals surface area contributed by atoms with Gasteiger partial charge in [-0.25, -0.2) is 8.42 Å². The molecule has 24 heavy (non-hydrogen) atoms. The normalized spacial score (nSPS) is 16.4. The highest BCUT2D eigenvalue weighted by molar-refractivity contribution is 7.90. The maximum absolute atomic E-state index is 12.6. The Balaban J connectivity index is 1.88. The van der Waals surface area contributed by atoms with Crippen LogP contribution in [0.4, 0.5) is 5.69 Å². The Hall–Kier alpha value is -2.34. The SMILES string of the molecule is Cc1cc(S(C)(=O)=O)ccc1NC(=O)c1cccc2c1OC(C)C2. The molecule has 126 valence electrons. The van der Waals surface area contributed by atoms with Gasteiger partial charge in [0.25, 0.3) is 5.91 Å². The lowest BCUT2D eigenvalue weighted by molar-refractivity contribution is 0.102. The number of rotatable bonds is 3. The monoisotopic (exact) mass is 345 g/mol. The Kier molecular flexibility index (Phi) is 4.09. The van der Waals surface area contributed by atoms with Crippen LogP contribution >= 0.6 is 0 Å². The zero-order valence-electron chi connectivity index (χ0n) is 13.8. The van der Waals surface area contributed by atoms with E-state index in [1.54, 1.807) is 25.1 Å². The molecule has 0 saturated heterocycles. The molecular formula is C18H19NO4S. The average Bonchev–Trinajstić information content (AvgIpc) is 2.88. The van der Waals surface area contributed by atoms with E-state index in [0.717, 1.165) is 18.2 Å². The van der Waals surface area contributed by atoms with Crippen molar-refractivity contribution >= 4 is 21.4 Å². The van der Waals surface area contributed by atoms with Gasteiger partial charge < -0.3 is 10.1 Å². The van der Waals surface area contributed by atoms with E-state index in [2.05, 4.69) is 5.32 Å². The smallest absolute Gasteiger partial charge is 0.259 e. The molecule has 1 atom stereocenters. The van der Waals surface area contributed by atoms with Crippen LogP contribution in [0.15, 0.2) is 41.3 Å². The highest BCUT2D eigenvalue weighted by Gasteiger charge is 2.25. The fourth-order valence-electron chi connectivity index (χ4n) is 2.81. The summed E-state index contributed by atoms with van der Waals surface area (Å²) in [4.78, 5) is 12.8. The number of benzene rings is 2. The minimum Gasteiger partial charge on any atom is -0.489 e. The third-order valence-corrected chi connectivity index (χ3v) is 5.15. The maximum atomic E-state index is 12.6. The van der Waals surface area contributed by atoms with E-state index in [4.69, 9.17) is 4.74 Å². The first-order chi connectivity index (χ1) is 11.3. The van der Waals surface area contributed by atoms with Crippen LogP contribution in [0.3, 0.4) is 0 Å². The largest absolute Gasteiger partial charge is 0.489 e. The minimum atomic E-state index is -3.27. The van der Waals surface area contributed by atoms with Crippen LogP contribution in [0.1, 0.15) is 28.4 Å². The first-order valence-electron chi connectivity index (χ1n) is 7.66. The van der Waals surface area contributed by atoms with Crippen molar-refractivity contribution in [1.29, 1.82) is 0 Å². The number of sulfone groups is 1. The molecule has 0 spiro atoms. The Morgan fingerprint density at radius 1 is 1.25 bits per heavy atom. The molecule has 1 amide bonds. The van der Waals surface area contributed by atoms with Crippen molar-refractivity contribution in [2.75, 3.05) is 11.6 Å². The molecule has 0 saturated carbocycles. The molecule has 1 aliphatic rings. The molecule has 0 radical (unpaired) electrons. The van der Waals surface area contributed by atoms with Crippen LogP contribution in [-0.4, -0.2) is 26.7 Å². The van der Waals surface area contributed by atoms with Gasteiger partial charge in [0.2, 0.25) is 0 Å². The molecule has 1 heterocycles. The summed E-state index contributed by atoms with van der Waals surface area (Å²) in [5.41, 5.74) is 2.78. The number of para-hydroxylation sites is 1. The summed E-state index contributed by atoms with van der Waals surface area (Å²) in [5, 5.41) is 2.84. The van der Waals surface area contributed by atoms with Crippen LogP contribution in [0.2, 0.25) is 0 Å². The third kappa shape index (κ3) is 3.14. The van der Waals surface area contributed by atoms with Gasteiger partial charge in [-0.05, 0) is 49.2 Å². The molecule has 1 N–H and O–H groups in total. The quantitative estimate of drug-likeness (QED) is 0.928. The number of nitrogens with one attached hydrogen (secondary N) is 1. The lowest BCUT2D eigenvalue weighted by Crippen LogP contribution is -2.15. The molecule has 5 nitrogen and oxygen atoms in total. The van der Waals surface area contributed by atoms with Gasteiger partial charge >= 0.3 is 0 Å². The van der Waals surface area contributed by atoms with Gasteiger partial charge in [0.15, 0.2) is 9.84 Å². The van der Waals surface area contributed by atoms with Crippen molar-refractivity contribution in [2.24, 2.45) is 0 Å². The molecule has 1 aliphatic heterocycles. The molecule has 0 aromatic heterocycles. The molecule has 0 aliphatic carbocycles. The Morgan fingerprint density at radius 3 is 2.67 bits per heavy atom. The second-order valence-electron chi connectivity index (χ2n) is 6.13. The van der Waals surface area contributed by atoms with E-state index >= 15 is 0 Å². The minimum absolute atomic E-state index is 0.0599. The number of amides is 1. The number of carbonyl (C=O) groups is 1. The lowest BCUT2D eigenvalue weighted by atomic mass is 10.1. The van der Waals surface area contributed by atoms with Crippen LogP contribution in [0.5, 0.6) is 5.75 Å². The highest BCUT2D eigenvalue weighted by Crippen LogP contribution is 2.33. The van der Waals surface area contributed by atoms with Crippen LogP contribution in [0.25, 0.3) is 0 Å². The van der Waals surface area contributed by atoms with E-state index in [1.807, 2.05) is 19.1 Å². The van der Waals surface area contributed by atoms with Crippen molar-refractivity contribution in [2.45, 2.75) is 31.3 Å². The number of fused-ring (bicyclic) bond motifs is 1. The van der Waals surface area contributed by atoms with Crippen molar-refractivity contribution in [3.63, 3.8) is 0 Å². The summed E-state index contributed by atoms with van der Waals surface area (Å²) in [7, 11) is -3.27. The summed E-state index contributed by atoms with van der Waals surface area (Å²) in [6, 6.07) is 10.2. The van der Waals surface area contributed by atoms with Gasteiger partial charge in [-0.15, -0.1) is 0 Å². The second-order valence-corrected chi connectivity index (χ2v) is 8.15. The van der Waals surface area contributed by atoms with Gasteiger partial charge in [0, 0.05) is 18.4 Å². The molecule has 6 heteroatoms. The molecule has 0 bridgehead atoms. The number of aryl methyl sites for hydroxylation is 1. The van der Waals surface area contributed by atoms with Gasteiger partial charge in [-0.1, -0.05) is 12.1 Å². The highest BCUT2D eigenvalue weighted by atomic mass is 32.2. The summed E-state index contributed by atoms with van der Waals surface area (Å²) in [5.74, 6) is 0.365. The van der Waals surface area contributed by atoms with Gasteiger partial charge in [-0.3, -0.25) is 4.79 Å². The van der Waals surface area contributed by atoms with Gasteiger partial charge in [-0.2, -0.15) is 0 Å². The predicted molar refractivity (Wildman–Crippen MR) is 92.5 cm³/mol. The fraction of sp³-hybridized carbons (Fsp3) is 0.278. The van der Waals surface area contributed by atoms with E-state index in [-0.39, 0.29) is 16.9 Å². The molecule has 2 aromatic rings. The number of hydrogen-bond acceptors (Lipinski definition) is 4. The Bertz CT molecular complexity index is 919. The van der Waals surface area contributed by atoms with Gasteiger partial charge in [0.05, 0.1) is 10.5 Å². The Labute approximate surface area is 141 Å². The summed E-state index contributed by atoms with van der Waals surface area (Å²) < 4.78 is 28.9. The summed E-state index contributed by atoms with van der Waals surface area (Å²) in [6.45, 7) is 3.73. The first kappa shape index (κ1) is 16.5. The maximum Gasteiger partial charge on any atom is 0.259 e. The summed E-state index contributed by atoms with van der Waals surface area (Å²) in [6.07, 6.45) is 2.01.